The highest BCUT2D eigenvalue weighted by Crippen LogP contribution is 2.51. The molecule has 12 heteroatoms. The number of benzene rings is 1. The van der Waals surface area contributed by atoms with Crippen LogP contribution in [0, 0.1) is 11.2 Å². The first-order chi connectivity index (χ1) is 21.1. The molecule has 0 unspecified atom stereocenters. The fraction of sp³-hybridized carbons (Fsp3) is 0.406. The molecule has 0 N–H and O–H groups in total. The second-order valence-electron chi connectivity index (χ2n) is 12.4. The lowest BCUT2D eigenvalue weighted by Gasteiger charge is -2.47. The smallest absolute Gasteiger partial charge is 0.264 e. The minimum Gasteiger partial charge on any atom is -0.291 e. The van der Waals surface area contributed by atoms with Crippen molar-refractivity contribution in [2.24, 2.45) is 12.5 Å². The zero-order chi connectivity index (χ0) is 30.8. The molecule has 0 radical (unpaired) electrons. The zero-order valence-electron chi connectivity index (χ0n) is 24.9. The van der Waals surface area contributed by atoms with E-state index in [0.29, 0.717) is 37.3 Å². The van der Waals surface area contributed by atoms with Crippen LogP contribution in [0.2, 0.25) is 0 Å². The van der Waals surface area contributed by atoms with E-state index in [2.05, 4.69) is 20.3 Å². The topological polar surface area (TPSA) is 116 Å². The van der Waals surface area contributed by atoms with Gasteiger partial charge in [-0.1, -0.05) is 11.6 Å². The zero-order valence-corrected chi connectivity index (χ0v) is 25.7. The average molecular weight is 616 g/mol. The third-order valence-electron chi connectivity index (χ3n) is 9.20. The van der Waals surface area contributed by atoms with Crippen molar-refractivity contribution >= 4 is 21.9 Å². The Kier molecular flexibility index (Phi) is 6.89. The van der Waals surface area contributed by atoms with Crippen molar-refractivity contribution in [3.63, 3.8) is 0 Å². The number of carbonyl (C=O) groups is 1. The number of sulfonamides is 1. The highest BCUT2D eigenvalue weighted by molar-refractivity contribution is 7.89. The van der Waals surface area contributed by atoms with E-state index < -0.39 is 21.5 Å². The van der Waals surface area contributed by atoms with Crippen molar-refractivity contribution in [3.8, 4) is 5.69 Å². The third kappa shape index (κ3) is 4.80. The number of aryl methyl sites for hydroxylation is 1. The number of hydrogen-bond acceptors (Lipinski definition) is 7. The second kappa shape index (κ2) is 10.6. The molecule has 228 valence electrons. The van der Waals surface area contributed by atoms with E-state index in [-0.39, 0.29) is 22.7 Å². The first-order valence-corrected chi connectivity index (χ1v) is 16.5. The molecule has 10 nitrogen and oxygen atoms in total. The number of hydrogen-bond donors (Lipinski definition) is 0. The number of nitrogens with zero attached hydrogens (tertiary/aromatic N) is 7. The molecule has 7 rings (SSSR count). The molecule has 1 aromatic carbocycles. The van der Waals surface area contributed by atoms with E-state index in [1.807, 2.05) is 38.3 Å². The molecular formula is C32H34FN7O3S. The highest BCUT2D eigenvalue weighted by atomic mass is 32.2. The van der Waals surface area contributed by atoms with Crippen LogP contribution in [0.3, 0.4) is 0 Å². The van der Waals surface area contributed by atoms with Crippen LogP contribution in [0.1, 0.15) is 79.2 Å². The van der Waals surface area contributed by atoms with Gasteiger partial charge >= 0.3 is 0 Å². The molecule has 0 amide bonds. The summed E-state index contributed by atoms with van der Waals surface area (Å²) in [5.41, 5.74) is 3.88. The number of ketones is 1. The summed E-state index contributed by atoms with van der Waals surface area (Å²) in [7, 11) is -2.41. The van der Waals surface area contributed by atoms with Crippen LogP contribution in [0.25, 0.3) is 11.8 Å². The summed E-state index contributed by atoms with van der Waals surface area (Å²) in [5.74, 6) is 0.0683. The number of pyridine rings is 1. The van der Waals surface area contributed by atoms with Gasteiger partial charge in [-0.3, -0.25) is 9.78 Å². The lowest BCUT2D eigenvalue weighted by atomic mass is 9.60. The summed E-state index contributed by atoms with van der Waals surface area (Å²) in [6, 6.07) is 9.13. The van der Waals surface area contributed by atoms with Crippen LogP contribution in [0.5, 0.6) is 0 Å². The van der Waals surface area contributed by atoms with Gasteiger partial charge in [-0.15, -0.1) is 5.10 Å². The number of fused-ring (bicyclic) bond motifs is 2. The van der Waals surface area contributed by atoms with Gasteiger partial charge < -0.3 is 0 Å². The number of halogens is 1. The van der Waals surface area contributed by atoms with E-state index in [4.69, 9.17) is 0 Å². The molecule has 2 saturated carbocycles. The van der Waals surface area contributed by atoms with Crippen molar-refractivity contribution in [2.45, 2.75) is 75.4 Å². The third-order valence-corrected chi connectivity index (χ3v) is 11.2. The van der Waals surface area contributed by atoms with Crippen LogP contribution in [0.15, 0.2) is 65.6 Å². The van der Waals surface area contributed by atoms with E-state index >= 15 is 0 Å². The molecule has 44 heavy (non-hydrogen) atoms. The lowest BCUT2D eigenvalue weighted by molar-refractivity contribution is 0.0722. The first-order valence-electron chi connectivity index (χ1n) is 15.0. The van der Waals surface area contributed by atoms with Gasteiger partial charge in [0, 0.05) is 25.3 Å². The molecule has 3 heterocycles. The number of allylic oxidation sites excluding steroid dienone is 1. The van der Waals surface area contributed by atoms with Gasteiger partial charge in [0.25, 0.3) is 10.0 Å². The van der Waals surface area contributed by atoms with Gasteiger partial charge in [-0.2, -0.15) is 19.3 Å². The molecule has 2 fully saturated rings. The maximum atomic E-state index is 14.7. The van der Waals surface area contributed by atoms with E-state index in [0.717, 1.165) is 40.9 Å². The molecule has 0 saturated heterocycles. The van der Waals surface area contributed by atoms with Crippen LogP contribution < -0.4 is 0 Å². The largest absolute Gasteiger partial charge is 0.291 e. The Morgan fingerprint density at radius 1 is 1.05 bits per heavy atom. The molecule has 3 aromatic heterocycles. The first kappa shape index (κ1) is 28.7. The maximum Gasteiger partial charge on any atom is 0.264 e. The Bertz CT molecular complexity index is 1870. The standard InChI is InChI=1S/C32H34FN7O3S/c1-20(2)40(44(42,43)30-19-35-38(3)37-30)27-10-7-24-14-29-23(18-36-39(29)26-11-8-25(33)9-12-26)15-32(24,16-27)31(41)28-13-6-22(17-34-28)21-4-5-21/h6,8-9,11-14,17-21,27H,4-5,7,10,15-16H2,1-3H3/t27-,32-/m0/s1. The predicted octanol–water partition coefficient (Wildman–Crippen LogP) is 4.87. The number of aromatic nitrogens is 6. The van der Waals surface area contributed by atoms with Crippen LogP contribution >= 0.6 is 0 Å². The minimum atomic E-state index is -3.99. The van der Waals surface area contributed by atoms with Crippen LogP contribution in [0.4, 0.5) is 4.39 Å². The molecule has 4 aromatic rings. The summed E-state index contributed by atoms with van der Waals surface area (Å²) < 4.78 is 44.8. The SMILES string of the molecule is CC(C)N([C@H]1CCC2=Cc3c(cnn3-c3ccc(F)cc3)C[C@]2(C(=O)c2ccc(C3CC3)cn2)C1)S(=O)(=O)c1cnn(C)n1. The lowest BCUT2D eigenvalue weighted by Crippen LogP contribution is -2.52. The Labute approximate surface area is 255 Å². The molecule has 3 aliphatic carbocycles. The Morgan fingerprint density at radius 2 is 1.82 bits per heavy atom. The average Bonchev–Trinajstić information content (AvgIpc) is 3.63. The Morgan fingerprint density at radius 3 is 2.45 bits per heavy atom. The van der Waals surface area contributed by atoms with Crippen LogP contribution in [-0.2, 0) is 23.5 Å². The van der Waals surface area contributed by atoms with Crippen molar-refractivity contribution in [2.75, 3.05) is 0 Å². The van der Waals surface area contributed by atoms with Gasteiger partial charge in [-0.25, -0.2) is 17.5 Å². The highest BCUT2D eigenvalue weighted by Gasteiger charge is 2.52. The number of Topliss-reactive ketones (excluding diaryl/α,β-unsaturated/α-hetero) is 1. The summed E-state index contributed by atoms with van der Waals surface area (Å²) in [5, 5.41) is 12.6. The fourth-order valence-electron chi connectivity index (χ4n) is 6.98. The molecule has 3 aliphatic rings. The van der Waals surface area contributed by atoms with Crippen molar-refractivity contribution in [1.29, 1.82) is 0 Å². The van der Waals surface area contributed by atoms with E-state index in [1.165, 1.54) is 27.4 Å². The van der Waals surface area contributed by atoms with Crippen molar-refractivity contribution in [3.05, 3.63) is 88.9 Å². The monoisotopic (exact) mass is 615 g/mol. The van der Waals surface area contributed by atoms with Gasteiger partial charge in [-0.05, 0) is 106 Å². The van der Waals surface area contributed by atoms with E-state index in [1.54, 1.807) is 30.1 Å². The number of carbonyl (C=O) groups excluding carboxylic acids is 1. The van der Waals surface area contributed by atoms with Gasteiger partial charge in [0.1, 0.15) is 11.5 Å². The molecule has 0 aliphatic heterocycles. The molecule has 0 spiro atoms. The summed E-state index contributed by atoms with van der Waals surface area (Å²) in [4.78, 5) is 20.5. The van der Waals surface area contributed by atoms with Crippen molar-refractivity contribution < 1.29 is 17.6 Å². The van der Waals surface area contributed by atoms with Gasteiger partial charge in [0.2, 0.25) is 5.03 Å². The Balaban J connectivity index is 1.31. The summed E-state index contributed by atoms with van der Waals surface area (Å²) in [6.07, 6.45) is 10.8. The Hall–Kier alpha value is -4.03. The summed E-state index contributed by atoms with van der Waals surface area (Å²) in [6.45, 7) is 3.69. The summed E-state index contributed by atoms with van der Waals surface area (Å²) >= 11 is 0. The van der Waals surface area contributed by atoms with Crippen molar-refractivity contribution in [1.82, 2.24) is 34.1 Å². The fourth-order valence-corrected chi connectivity index (χ4v) is 8.73. The number of rotatable bonds is 8. The van der Waals surface area contributed by atoms with Crippen LogP contribution in [-0.4, -0.2) is 60.3 Å². The molecular weight excluding hydrogens is 581 g/mol. The van der Waals surface area contributed by atoms with Gasteiger partial charge in [0.05, 0.1) is 29.2 Å². The molecule has 2 atom stereocenters. The quantitative estimate of drug-likeness (QED) is 0.260. The van der Waals surface area contributed by atoms with E-state index in [9.17, 15) is 17.6 Å². The maximum absolute atomic E-state index is 14.7. The minimum absolute atomic E-state index is 0.112. The second-order valence-corrected chi connectivity index (χ2v) is 14.2. The molecule has 0 bridgehead atoms. The normalized spacial score (nSPS) is 21.7. The predicted molar refractivity (Wildman–Crippen MR) is 161 cm³/mol. The van der Waals surface area contributed by atoms with Gasteiger partial charge in [0.15, 0.2) is 5.78 Å².